The van der Waals surface area contributed by atoms with Crippen molar-refractivity contribution < 1.29 is 57.2 Å². The molecule has 4 aromatic rings. The van der Waals surface area contributed by atoms with Crippen LogP contribution < -0.4 is 44.7 Å². The van der Waals surface area contributed by atoms with Crippen LogP contribution >= 0.6 is 23.2 Å². The van der Waals surface area contributed by atoms with Crippen molar-refractivity contribution in [2.75, 3.05) is 12.4 Å². The molecule has 196 valence electrons. The summed E-state index contributed by atoms with van der Waals surface area (Å²) < 4.78 is 38.6. The number of amides is 1. The summed E-state index contributed by atoms with van der Waals surface area (Å²) in [4.78, 5) is 12.8. The van der Waals surface area contributed by atoms with Crippen molar-refractivity contribution in [2.24, 2.45) is 10.2 Å². The molecule has 13 heteroatoms. The summed E-state index contributed by atoms with van der Waals surface area (Å²) in [6.07, 6.45) is 0.287. The summed E-state index contributed by atoms with van der Waals surface area (Å²) in [5.74, 6) is -1.17. The molecule has 0 aliphatic carbocycles. The molecule has 0 aliphatic rings. The Morgan fingerprint density at radius 1 is 1.05 bits per heavy atom. The first-order valence-electron chi connectivity index (χ1n) is 11.1. The Balaban J connectivity index is 0.00000420. The minimum Gasteiger partial charge on any atom is -0.870 e. The monoisotopic (exact) mass is 595 g/mol. The Labute approximate surface area is 256 Å². The number of ether oxygens (including phenoxy) is 1. The molecular formula is C26H20Cl2N3NaO6S. The SMILES string of the molecule is CCc1cc(Cl)c(N=Nc2c([O-])c(C(=O)Nc3c(Cl)cccc3OC)cc3ccccc23)cc1S(=O)(=O)O.[Na+]. The van der Waals surface area contributed by atoms with E-state index < -0.39 is 21.8 Å². The molecule has 0 atom stereocenters. The van der Waals surface area contributed by atoms with Crippen molar-refractivity contribution in [1.82, 2.24) is 0 Å². The van der Waals surface area contributed by atoms with Crippen molar-refractivity contribution in [1.29, 1.82) is 0 Å². The van der Waals surface area contributed by atoms with Crippen LogP contribution in [0.1, 0.15) is 22.8 Å². The number of carbonyl (C=O) groups excluding carboxylic acids is 1. The first kappa shape index (κ1) is 30.8. The number of fused-ring (bicyclic) bond motifs is 1. The Hall–Kier alpha value is -2.70. The Kier molecular flexibility index (Phi) is 10.0. The van der Waals surface area contributed by atoms with Crippen LogP contribution in [-0.2, 0) is 16.5 Å². The molecule has 0 heterocycles. The predicted octanol–water partition coefficient (Wildman–Crippen LogP) is 3.71. The van der Waals surface area contributed by atoms with Gasteiger partial charge in [0.2, 0.25) is 0 Å². The molecular weight excluding hydrogens is 576 g/mol. The maximum Gasteiger partial charge on any atom is 1.00 e. The van der Waals surface area contributed by atoms with Gasteiger partial charge in [0, 0.05) is 10.9 Å². The third kappa shape index (κ3) is 6.55. The fourth-order valence-electron chi connectivity index (χ4n) is 3.83. The zero-order valence-corrected chi connectivity index (χ0v) is 25.4. The van der Waals surface area contributed by atoms with E-state index in [0.29, 0.717) is 22.1 Å². The number of benzene rings is 4. The molecule has 9 nitrogen and oxygen atoms in total. The van der Waals surface area contributed by atoms with Crippen LogP contribution in [0.15, 0.2) is 75.8 Å². The quantitative estimate of drug-likeness (QED) is 0.189. The van der Waals surface area contributed by atoms with Crippen LogP contribution in [0, 0.1) is 0 Å². The second-order valence-corrected chi connectivity index (χ2v) is 10.2. The van der Waals surface area contributed by atoms with Crippen LogP contribution in [0.5, 0.6) is 11.5 Å². The maximum absolute atomic E-state index is 13.4. The number of hydrogen-bond acceptors (Lipinski definition) is 7. The van der Waals surface area contributed by atoms with Crippen molar-refractivity contribution in [3.63, 3.8) is 0 Å². The van der Waals surface area contributed by atoms with E-state index in [1.807, 2.05) is 0 Å². The fourth-order valence-corrected chi connectivity index (χ4v) is 5.07. The van der Waals surface area contributed by atoms with Crippen molar-refractivity contribution in [3.05, 3.63) is 81.8 Å². The first-order chi connectivity index (χ1) is 18.0. The smallest absolute Gasteiger partial charge is 0.870 e. The average molecular weight is 596 g/mol. The van der Waals surface area contributed by atoms with Gasteiger partial charge in [0.15, 0.2) is 0 Å². The topological polar surface area (TPSA) is 140 Å². The molecule has 0 saturated heterocycles. The minimum absolute atomic E-state index is 0. The van der Waals surface area contributed by atoms with E-state index in [1.165, 1.54) is 19.2 Å². The largest absolute Gasteiger partial charge is 1.00 e. The standard InChI is InChI=1S/C26H21Cl2N3O6S.Na/c1-3-14-12-19(28)20(13-22(14)38(34,35)36)30-31-23-16-8-5-4-7-15(16)11-17(25(23)32)26(33)29-24-18(27)9-6-10-21(24)37-2;/h4-13,32H,3H2,1-2H3,(H,29,33)(H,34,35,36);/q;+1/p-1. The zero-order valence-electron chi connectivity index (χ0n) is 21.0. The predicted molar refractivity (Wildman–Crippen MR) is 144 cm³/mol. The summed E-state index contributed by atoms with van der Waals surface area (Å²) in [5.41, 5.74) is 0.00254. The molecule has 0 bridgehead atoms. The van der Waals surface area contributed by atoms with E-state index in [1.54, 1.807) is 49.4 Å². The van der Waals surface area contributed by atoms with Gasteiger partial charge in [-0.25, -0.2) is 0 Å². The van der Waals surface area contributed by atoms with Crippen LogP contribution in [0.25, 0.3) is 10.8 Å². The fraction of sp³-hybridized carbons (Fsp3) is 0.115. The number of rotatable bonds is 7. The summed E-state index contributed by atoms with van der Waals surface area (Å²) in [6.45, 7) is 1.70. The molecule has 0 aliphatic heterocycles. The van der Waals surface area contributed by atoms with Gasteiger partial charge in [-0.2, -0.15) is 13.5 Å². The number of methoxy groups -OCH3 is 1. The Morgan fingerprint density at radius 3 is 2.44 bits per heavy atom. The van der Waals surface area contributed by atoms with Crippen LogP contribution in [0.3, 0.4) is 0 Å². The Morgan fingerprint density at radius 2 is 1.77 bits per heavy atom. The second kappa shape index (κ2) is 12.6. The van der Waals surface area contributed by atoms with Gasteiger partial charge in [-0.3, -0.25) is 9.35 Å². The number of para-hydroxylation sites is 1. The third-order valence-electron chi connectivity index (χ3n) is 5.70. The first-order valence-corrected chi connectivity index (χ1v) is 13.3. The number of aryl methyl sites for hydroxylation is 1. The minimum atomic E-state index is -4.56. The van der Waals surface area contributed by atoms with E-state index in [9.17, 15) is 22.9 Å². The van der Waals surface area contributed by atoms with Crippen molar-refractivity contribution >= 4 is 67.1 Å². The molecule has 0 saturated carbocycles. The maximum atomic E-state index is 13.4. The van der Waals surface area contributed by atoms with Gasteiger partial charge in [-0.05, 0) is 47.7 Å². The summed E-state index contributed by atoms with van der Waals surface area (Å²) in [7, 11) is -3.15. The number of halogens is 2. The normalized spacial score (nSPS) is 11.4. The molecule has 4 aromatic carbocycles. The molecule has 0 fully saturated rings. The van der Waals surface area contributed by atoms with E-state index >= 15 is 0 Å². The third-order valence-corrected chi connectivity index (χ3v) is 7.25. The molecule has 0 spiro atoms. The van der Waals surface area contributed by atoms with Gasteiger partial charge in [0.05, 0.1) is 27.7 Å². The average Bonchev–Trinajstić information content (AvgIpc) is 2.88. The van der Waals surface area contributed by atoms with E-state index in [0.717, 1.165) is 6.07 Å². The molecule has 4 rings (SSSR count). The van der Waals surface area contributed by atoms with Crippen molar-refractivity contribution in [3.8, 4) is 11.5 Å². The molecule has 2 N–H and O–H groups in total. The number of anilines is 1. The second-order valence-electron chi connectivity index (χ2n) is 8.03. The molecule has 1 amide bonds. The van der Waals surface area contributed by atoms with Gasteiger partial charge in [-0.15, -0.1) is 5.11 Å². The number of carbonyl (C=O) groups is 1. The van der Waals surface area contributed by atoms with Crippen LogP contribution in [-0.4, -0.2) is 26.0 Å². The van der Waals surface area contributed by atoms with Crippen LogP contribution in [0.2, 0.25) is 10.0 Å². The summed E-state index contributed by atoms with van der Waals surface area (Å²) in [6, 6.07) is 15.4. The molecule has 39 heavy (non-hydrogen) atoms. The van der Waals surface area contributed by atoms with Crippen LogP contribution in [0.4, 0.5) is 17.1 Å². The molecule has 0 unspecified atom stereocenters. The number of nitrogens with one attached hydrogen (secondary N) is 1. The Bertz CT molecular complexity index is 1710. The molecule has 0 radical (unpaired) electrons. The number of azo groups is 1. The van der Waals surface area contributed by atoms with Gasteiger partial charge in [0.25, 0.3) is 16.0 Å². The summed E-state index contributed by atoms with van der Waals surface area (Å²) in [5, 5.41) is 25.3. The van der Waals surface area contributed by atoms with Crippen molar-refractivity contribution in [2.45, 2.75) is 18.2 Å². The summed E-state index contributed by atoms with van der Waals surface area (Å²) >= 11 is 12.5. The van der Waals surface area contributed by atoms with E-state index in [2.05, 4.69) is 15.5 Å². The molecule has 0 aromatic heterocycles. The number of hydrogen-bond donors (Lipinski definition) is 2. The van der Waals surface area contributed by atoms with E-state index in [-0.39, 0.29) is 73.5 Å². The van der Waals surface area contributed by atoms with Gasteiger partial charge < -0.3 is 15.2 Å². The zero-order chi connectivity index (χ0) is 27.6. The van der Waals surface area contributed by atoms with Gasteiger partial charge in [0.1, 0.15) is 17.1 Å². The number of nitrogens with zero attached hydrogens (tertiary/aromatic N) is 2. The van der Waals surface area contributed by atoms with Gasteiger partial charge >= 0.3 is 29.6 Å². The van der Waals surface area contributed by atoms with Gasteiger partial charge in [-0.1, -0.05) is 66.2 Å². The van der Waals surface area contributed by atoms with E-state index in [4.69, 9.17) is 27.9 Å².